The van der Waals surface area contributed by atoms with E-state index in [4.69, 9.17) is 0 Å². The van der Waals surface area contributed by atoms with Crippen LogP contribution in [0.4, 0.5) is 0 Å². The number of rotatable bonds is 6. The van der Waals surface area contributed by atoms with Gasteiger partial charge < -0.3 is 15.1 Å². The molecule has 0 unspecified atom stereocenters. The third-order valence-corrected chi connectivity index (χ3v) is 5.19. The zero-order valence-corrected chi connectivity index (χ0v) is 16.3. The first-order chi connectivity index (χ1) is 12.5. The van der Waals surface area contributed by atoms with Crippen molar-refractivity contribution in [3.05, 3.63) is 30.1 Å². The van der Waals surface area contributed by atoms with Gasteiger partial charge in [-0.1, -0.05) is 12.5 Å². The molecule has 2 rings (SSSR count). The zero-order valence-electron chi connectivity index (χ0n) is 16.3. The maximum absolute atomic E-state index is 12.7. The van der Waals surface area contributed by atoms with Gasteiger partial charge in [-0.3, -0.25) is 14.6 Å². The molecule has 1 saturated heterocycles. The van der Waals surface area contributed by atoms with E-state index in [0.29, 0.717) is 26.1 Å². The number of aromatic nitrogens is 1. The maximum atomic E-state index is 12.7. The molecule has 0 saturated carbocycles. The normalized spacial score (nSPS) is 21.7. The van der Waals surface area contributed by atoms with Gasteiger partial charge in [0.25, 0.3) is 0 Å². The molecule has 2 atom stereocenters. The van der Waals surface area contributed by atoms with Gasteiger partial charge >= 0.3 is 0 Å². The number of pyridine rings is 1. The maximum Gasteiger partial charge on any atom is 0.226 e. The van der Waals surface area contributed by atoms with E-state index < -0.39 is 0 Å². The molecule has 1 fully saturated rings. The van der Waals surface area contributed by atoms with E-state index in [1.807, 2.05) is 44.1 Å². The largest absolute Gasteiger partial charge is 0.344 e. The van der Waals surface area contributed by atoms with Crippen molar-refractivity contribution in [3.63, 3.8) is 0 Å². The van der Waals surface area contributed by atoms with Gasteiger partial charge in [0.1, 0.15) is 0 Å². The van der Waals surface area contributed by atoms with Crippen molar-refractivity contribution >= 4 is 11.8 Å². The Morgan fingerprint density at radius 3 is 2.77 bits per heavy atom. The minimum absolute atomic E-state index is 0.0607. The number of hydrogen-bond donors (Lipinski definition) is 1. The summed E-state index contributed by atoms with van der Waals surface area (Å²) in [5.74, 6) is -0.00831. The summed E-state index contributed by atoms with van der Waals surface area (Å²) in [5.41, 5.74) is 1.14. The summed E-state index contributed by atoms with van der Waals surface area (Å²) >= 11 is 0. The zero-order chi connectivity index (χ0) is 18.9. The minimum Gasteiger partial charge on any atom is -0.344 e. The first kappa shape index (κ1) is 20.4. The van der Waals surface area contributed by atoms with E-state index in [9.17, 15) is 9.59 Å². The summed E-state index contributed by atoms with van der Waals surface area (Å²) in [7, 11) is 1.84. The second-order valence-electron chi connectivity index (χ2n) is 7.06. The Bertz CT molecular complexity index is 574. The number of likely N-dealkylation sites (N-methyl/N-ethyl adjacent to an activating group) is 1. The summed E-state index contributed by atoms with van der Waals surface area (Å²) in [6.45, 7) is 6.79. The topological polar surface area (TPSA) is 65.5 Å². The van der Waals surface area contributed by atoms with Crippen LogP contribution in [0, 0.1) is 5.92 Å². The van der Waals surface area contributed by atoms with Crippen LogP contribution < -0.4 is 5.32 Å². The molecule has 26 heavy (non-hydrogen) atoms. The van der Waals surface area contributed by atoms with Crippen molar-refractivity contribution in [2.45, 2.75) is 52.1 Å². The molecule has 144 valence electrons. The van der Waals surface area contributed by atoms with E-state index in [1.165, 1.54) is 0 Å². The van der Waals surface area contributed by atoms with Gasteiger partial charge in [0.2, 0.25) is 11.8 Å². The molecule has 1 aliphatic rings. The van der Waals surface area contributed by atoms with Crippen LogP contribution in [0.25, 0.3) is 0 Å². The van der Waals surface area contributed by atoms with Crippen molar-refractivity contribution in [1.82, 2.24) is 20.1 Å². The molecule has 0 bridgehead atoms. The van der Waals surface area contributed by atoms with Crippen LogP contribution in [0.5, 0.6) is 0 Å². The van der Waals surface area contributed by atoms with E-state index in [-0.39, 0.29) is 23.8 Å². The van der Waals surface area contributed by atoms with Gasteiger partial charge in [-0.05, 0) is 38.3 Å². The van der Waals surface area contributed by atoms with Crippen LogP contribution in [0.3, 0.4) is 0 Å². The lowest BCUT2D eigenvalue weighted by Crippen LogP contribution is -2.42. The van der Waals surface area contributed by atoms with Crippen LogP contribution in [0.1, 0.15) is 45.1 Å². The fourth-order valence-corrected chi connectivity index (χ4v) is 3.54. The highest BCUT2D eigenvalue weighted by Gasteiger charge is 2.29. The predicted molar refractivity (Wildman–Crippen MR) is 102 cm³/mol. The Balaban J connectivity index is 1.98. The smallest absolute Gasteiger partial charge is 0.226 e. The second kappa shape index (κ2) is 10.3. The quantitative estimate of drug-likeness (QED) is 0.843. The van der Waals surface area contributed by atoms with Gasteiger partial charge in [0.15, 0.2) is 0 Å². The van der Waals surface area contributed by atoms with E-state index in [2.05, 4.69) is 10.3 Å². The standard InChI is InChI=1S/C20H32N4O2/c1-4-24(5-2)20(26)17-9-6-10-18(15-23(3)19(25)12-17)22-14-16-8-7-11-21-13-16/h7-8,11,13,17-18,22H,4-6,9-10,12,14-15H2,1-3H3/t17-,18-/m1/s1. The average molecular weight is 361 g/mol. The Labute approximate surface area is 157 Å². The van der Waals surface area contributed by atoms with E-state index in [0.717, 1.165) is 31.4 Å². The highest BCUT2D eigenvalue weighted by atomic mass is 16.2. The van der Waals surface area contributed by atoms with Crippen molar-refractivity contribution in [3.8, 4) is 0 Å². The molecule has 2 amide bonds. The first-order valence-electron chi connectivity index (χ1n) is 9.70. The number of carbonyl (C=O) groups is 2. The van der Waals surface area contributed by atoms with E-state index in [1.54, 1.807) is 11.1 Å². The van der Waals surface area contributed by atoms with Crippen molar-refractivity contribution in [1.29, 1.82) is 0 Å². The lowest BCUT2D eigenvalue weighted by molar-refractivity contribution is -0.140. The van der Waals surface area contributed by atoms with E-state index >= 15 is 0 Å². The lowest BCUT2D eigenvalue weighted by atomic mass is 9.95. The Kier molecular flexibility index (Phi) is 8.04. The molecule has 0 aliphatic carbocycles. The lowest BCUT2D eigenvalue weighted by Gasteiger charge is -2.26. The summed E-state index contributed by atoms with van der Waals surface area (Å²) in [6, 6.07) is 4.20. The highest BCUT2D eigenvalue weighted by molar-refractivity contribution is 5.85. The third-order valence-electron chi connectivity index (χ3n) is 5.19. The third kappa shape index (κ3) is 5.80. The molecule has 1 N–H and O–H groups in total. The summed E-state index contributed by atoms with van der Waals surface area (Å²) < 4.78 is 0. The second-order valence-corrected chi connectivity index (χ2v) is 7.06. The fraction of sp³-hybridized carbons (Fsp3) is 0.650. The highest BCUT2D eigenvalue weighted by Crippen LogP contribution is 2.21. The summed E-state index contributed by atoms with van der Waals surface area (Å²) in [6.07, 6.45) is 6.63. The molecule has 0 spiro atoms. The summed E-state index contributed by atoms with van der Waals surface area (Å²) in [5, 5.41) is 3.54. The molecule has 1 aromatic rings. The molecule has 2 heterocycles. The van der Waals surface area contributed by atoms with Gasteiger partial charge in [0.05, 0.1) is 0 Å². The van der Waals surface area contributed by atoms with Crippen LogP contribution in [0.2, 0.25) is 0 Å². The van der Waals surface area contributed by atoms with Gasteiger partial charge in [-0.2, -0.15) is 0 Å². The number of hydrogen-bond acceptors (Lipinski definition) is 4. The Morgan fingerprint density at radius 2 is 2.12 bits per heavy atom. The van der Waals surface area contributed by atoms with Crippen LogP contribution >= 0.6 is 0 Å². The monoisotopic (exact) mass is 360 g/mol. The number of nitrogens with zero attached hydrogens (tertiary/aromatic N) is 3. The van der Waals surface area contributed by atoms with Crippen molar-refractivity contribution in [2.75, 3.05) is 26.7 Å². The predicted octanol–water partition coefficient (Wildman–Crippen LogP) is 2.06. The molecular formula is C20H32N4O2. The van der Waals surface area contributed by atoms with Gasteiger partial charge in [-0.15, -0.1) is 0 Å². The average Bonchev–Trinajstić information content (AvgIpc) is 2.72. The number of carbonyl (C=O) groups excluding carboxylic acids is 2. The number of amides is 2. The van der Waals surface area contributed by atoms with Crippen LogP contribution in [-0.2, 0) is 16.1 Å². The molecule has 0 radical (unpaired) electrons. The van der Waals surface area contributed by atoms with Gasteiger partial charge in [-0.25, -0.2) is 0 Å². The Hall–Kier alpha value is -1.95. The molecule has 6 heteroatoms. The van der Waals surface area contributed by atoms with Crippen LogP contribution in [0.15, 0.2) is 24.5 Å². The summed E-state index contributed by atoms with van der Waals surface area (Å²) in [4.78, 5) is 33.0. The fourth-order valence-electron chi connectivity index (χ4n) is 3.54. The molecule has 0 aromatic carbocycles. The molecule has 6 nitrogen and oxygen atoms in total. The van der Waals surface area contributed by atoms with Gasteiger partial charge in [0, 0.05) is 64.0 Å². The number of nitrogens with one attached hydrogen (secondary N) is 1. The molecule has 1 aliphatic heterocycles. The molecule has 1 aromatic heterocycles. The minimum atomic E-state index is -0.193. The molecular weight excluding hydrogens is 328 g/mol. The van der Waals surface area contributed by atoms with Crippen molar-refractivity contribution < 1.29 is 9.59 Å². The Morgan fingerprint density at radius 1 is 1.35 bits per heavy atom. The van der Waals surface area contributed by atoms with Crippen molar-refractivity contribution in [2.24, 2.45) is 5.92 Å². The first-order valence-corrected chi connectivity index (χ1v) is 9.70. The van der Waals surface area contributed by atoms with Crippen LogP contribution in [-0.4, -0.2) is 59.3 Å². The SMILES string of the molecule is CCN(CC)C(=O)[C@@H]1CCC[C@@H](NCc2cccnc2)CN(C)C(=O)C1.